The predicted octanol–water partition coefficient (Wildman–Crippen LogP) is 4.28. The average molecular weight is 442 g/mol. The molecule has 32 heavy (non-hydrogen) atoms. The van der Waals surface area contributed by atoms with Gasteiger partial charge in [0.2, 0.25) is 0 Å². The Labute approximate surface area is 186 Å². The molecule has 2 aromatic carbocycles. The van der Waals surface area contributed by atoms with E-state index in [4.69, 9.17) is 9.15 Å². The van der Waals surface area contributed by atoms with Crippen molar-refractivity contribution in [1.29, 1.82) is 0 Å². The Morgan fingerprint density at radius 1 is 1.16 bits per heavy atom. The standard InChI is InChI=1S/C23H28FN5O3/c1-4-29(5-2)13-7-12-25-23-28-27-22(32-23)19-11-10-18(15-20(19)31-3)26-21(30)16-8-6-9-17(24)14-16/h6,8-11,14-15H,4-5,7,12-13H2,1-3H3,(H,25,28)(H,26,30). The third-order valence-corrected chi connectivity index (χ3v) is 5.02. The zero-order valence-corrected chi connectivity index (χ0v) is 18.5. The van der Waals surface area contributed by atoms with Crippen LogP contribution in [0, 0.1) is 5.82 Å². The summed E-state index contributed by atoms with van der Waals surface area (Å²) in [6.45, 7) is 8.07. The number of anilines is 2. The third-order valence-electron chi connectivity index (χ3n) is 5.02. The van der Waals surface area contributed by atoms with Gasteiger partial charge in [0.15, 0.2) is 0 Å². The number of carbonyl (C=O) groups is 1. The second kappa shape index (κ2) is 11.2. The van der Waals surface area contributed by atoms with Crippen LogP contribution in [0.15, 0.2) is 46.9 Å². The maximum Gasteiger partial charge on any atom is 0.315 e. The monoisotopic (exact) mass is 441 g/mol. The predicted molar refractivity (Wildman–Crippen MR) is 122 cm³/mol. The van der Waals surface area contributed by atoms with E-state index in [1.165, 1.54) is 25.3 Å². The first-order chi connectivity index (χ1) is 15.5. The molecule has 0 aliphatic carbocycles. The maximum absolute atomic E-state index is 13.4. The number of nitrogens with one attached hydrogen (secondary N) is 2. The van der Waals surface area contributed by atoms with Gasteiger partial charge in [-0.15, -0.1) is 5.10 Å². The van der Waals surface area contributed by atoms with Gasteiger partial charge in [0.25, 0.3) is 11.8 Å². The van der Waals surface area contributed by atoms with Gasteiger partial charge in [-0.25, -0.2) is 4.39 Å². The third kappa shape index (κ3) is 6.04. The van der Waals surface area contributed by atoms with Crippen molar-refractivity contribution in [3.63, 3.8) is 0 Å². The van der Waals surface area contributed by atoms with Crippen LogP contribution in [0.1, 0.15) is 30.6 Å². The van der Waals surface area contributed by atoms with Crippen LogP contribution >= 0.6 is 0 Å². The molecular weight excluding hydrogens is 413 g/mol. The first-order valence-electron chi connectivity index (χ1n) is 10.6. The number of amides is 1. The smallest absolute Gasteiger partial charge is 0.315 e. The van der Waals surface area contributed by atoms with Gasteiger partial charge in [0, 0.05) is 23.9 Å². The van der Waals surface area contributed by atoms with Crippen molar-refractivity contribution in [2.24, 2.45) is 0 Å². The molecule has 9 heteroatoms. The summed E-state index contributed by atoms with van der Waals surface area (Å²) in [4.78, 5) is 14.7. The summed E-state index contributed by atoms with van der Waals surface area (Å²) in [5, 5.41) is 14.0. The van der Waals surface area contributed by atoms with Gasteiger partial charge in [-0.2, -0.15) is 0 Å². The fraction of sp³-hybridized carbons (Fsp3) is 0.348. The molecule has 0 aliphatic rings. The van der Waals surface area contributed by atoms with E-state index in [1.54, 1.807) is 24.3 Å². The van der Waals surface area contributed by atoms with Crippen molar-refractivity contribution in [3.05, 3.63) is 53.8 Å². The molecule has 0 radical (unpaired) electrons. The highest BCUT2D eigenvalue weighted by Gasteiger charge is 2.15. The lowest BCUT2D eigenvalue weighted by Gasteiger charge is -2.17. The van der Waals surface area contributed by atoms with Crippen LogP contribution in [0.4, 0.5) is 16.1 Å². The quantitative estimate of drug-likeness (QED) is 0.429. The number of nitrogens with zero attached hydrogens (tertiary/aromatic N) is 3. The molecule has 3 aromatic rings. The van der Waals surface area contributed by atoms with E-state index in [0.717, 1.165) is 32.6 Å². The lowest BCUT2D eigenvalue weighted by atomic mass is 10.1. The SMILES string of the molecule is CCN(CC)CCCNc1nnc(-c2ccc(NC(=O)c3cccc(F)c3)cc2OC)o1. The number of ether oxygens (including phenoxy) is 1. The molecular formula is C23H28FN5O3. The molecule has 0 saturated heterocycles. The van der Waals surface area contributed by atoms with Crippen molar-refractivity contribution in [2.75, 3.05) is 43.9 Å². The molecule has 0 unspecified atom stereocenters. The average Bonchev–Trinajstić information content (AvgIpc) is 3.27. The summed E-state index contributed by atoms with van der Waals surface area (Å²) in [6, 6.07) is 10.9. The van der Waals surface area contributed by atoms with Crippen LogP contribution in [-0.2, 0) is 0 Å². The summed E-state index contributed by atoms with van der Waals surface area (Å²) >= 11 is 0. The summed E-state index contributed by atoms with van der Waals surface area (Å²) < 4.78 is 24.5. The Balaban J connectivity index is 1.64. The molecule has 170 valence electrons. The van der Waals surface area contributed by atoms with Crippen molar-refractivity contribution >= 4 is 17.6 Å². The van der Waals surface area contributed by atoms with Crippen molar-refractivity contribution in [3.8, 4) is 17.2 Å². The zero-order valence-electron chi connectivity index (χ0n) is 18.5. The molecule has 0 atom stereocenters. The minimum absolute atomic E-state index is 0.224. The molecule has 0 spiro atoms. The normalized spacial score (nSPS) is 10.9. The first-order valence-corrected chi connectivity index (χ1v) is 10.6. The number of benzene rings is 2. The number of hydrogen-bond donors (Lipinski definition) is 2. The van der Waals surface area contributed by atoms with Crippen molar-refractivity contribution in [2.45, 2.75) is 20.3 Å². The highest BCUT2D eigenvalue weighted by atomic mass is 19.1. The number of carbonyl (C=O) groups excluding carboxylic acids is 1. The molecule has 0 saturated carbocycles. The van der Waals surface area contributed by atoms with Gasteiger partial charge in [-0.3, -0.25) is 4.79 Å². The van der Waals surface area contributed by atoms with Crippen LogP contribution < -0.4 is 15.4 Å². The minimum atomic E-state index is -0.473. The molecule has 1 aromatic heterocycles. The van der Waals surface area contributed by atoms with Crippen molar-refractivity contribution < 1.29 is 18.3 Å². The van der Waals surface area contributed by atoms with Crippen LogP contribution in [0.3, 0.4) is 0 Å². The number of halogens is 1. The first kappa shape index (κ1) is 23.2. The van der Waals surface area contributed by atoms with Gasteiger partial charge < -0.3 is 24.7 Å². The Kier molecular flexibility index (Phi) is 8.15. The molecule has 8 nitrogen and oxygen atoms in total. The summed E-state index contributed by atoms with van der Waals surface area (Å²) in [5.41, 5.74) is 1.32. The Bertz CT molecular complexity index is 1040. The van der Waals surface area contributed by atoms with Gasteiger partial charge in [0.1, 0.15) is 11.6 Å². The van der Waals surface area contributed by atoms with Gasteiger partial charge in [-0.05, 0) is 56.4 Å². The lowest BCUT2D eigenvalue weighted by Crippen LogP contribution is -2.25. The van der Waals surface area contributed by atoms with E-state index >= 15 is 0 Å². The highest BCUT2D eigenvalue weighted by Crippen LogP contribution is 2.32. The summed E-state index contributed by atoms with van der Waals surface area (Å²) in [5.74, 6) is -0.136. The van der Waals surface area contributed by atoms with E-state index in [2.05, 4.69) is 39.6 Å². The minimum Gasteiger partial charge on any atom is -0.496 e. The van der Waals surface area contributed by atoms with Crippen LogP contribution in [-0.4, -0.2) is 54.3 Å². The van der Waals surface area contributed by atoms with Crippen LogP contribution in [0.25, 0.3) is 11.5 Å². The van der Waals surface area contributed by atoms with E-state index in [-0.39, 0.29) is 5.56 Å². The largest absolute Gasteiger partial charge is 0.496 e. The second-order valence-electron chi connectivity index (χ2n) is 7.10. The second-order valence-corrected chi connectivity index (χ2v) is 7.10. The van der Waals surface area contributed by atoms with Gasteiger partial charge >= 0.3 is 6.01 Å². The Morgan fingerprint density at radius 2 is 1.97 bits per heavy atom. The van der Waals surface area contributed by atoms with Gasteiger partial charge in [0.05, 0.1) is 12.7 Å². The van der Waals surface area contributed by atoms with E-state index < -0.39 is 11.7 Å². The van der Waals surface area contributed by atoms with E-state index in [0.29, 0.717) is 28.9 Å². The fourth-order valence-electron chi connectivity index (χ4n) is 3.22. The maximum atomic E-state index is 13.4. The van der Waals surface area contributed by atoms with Crippen LogP contribution in [0.2, 0.25) is 0 Å². The zero-order chi connectivity index (χ0) is 22.9. The highest BCUT2D eigenvalue weighted by molar-refractivity contribution is 6.04. The van der Waals surface area contributed by atoms with Gasteiger partial charge in [-0.1, -0.05) is 25.0 Å². The molecule has 0 aliphatic heterocycles. The molecule has 0 fully saturated rings. The van der Waals surface area contributed by atoms with Crippen molar-refractivity contribution in [1.82, 2.24) is 15.1 Å². The fourth-order valence-corrected chi connectivity index (χ4v) is 3.22. The number of rotatable bonds is 11. The molecule has 1 heterocycles. The Morgan fingerprint density at radius 3 is 2.69 bits per heavy atom. The van der Waals surface area contributed by atoms with E-state index in [9.17, 15) is 9.18 Å². The molecule has 3 rings (SSSR count). The molecule has 2 N–H and O–H groups in total. The topological polar surface area (TPSA) is 92.5 Å². The molecule has 0 bridgehead atoms. The van der Waals surface area contributed by atoms with E-state index in [1.807, 2.05) is 0 Å². The number of methoxy groups -OCH3 is 1. The summed E-state index contributed by atoms with van der Waals surface area (Å²) in [6.07, 6.45) is 0.961. The summed E-state index contributed by atoms with van der Waals surface area (Å²) in [7, 11) is 1.51. The lowest BCUT2D eigenvalue weighted by molar-refractivity contribution is 0.102. The Hall–Kier alpha value is -3.46. The number of aromatic nitrogens is 2. The van der Waals surface area contributed by atoms with Crippen LogP contribution in [0.5, 0.6) is 5.75 Å². The molecule has 1 amide bonds. The number of hydrogen-bond acceptors (Lipinski definition) is 7.